The standard InChI is InChI=1S/C19H12O3/c20-9-8-17(21)16-10-15-12-5-2-1-4-11(12)13-6-3-7-14(18(13)15)19(16)22/h1-10,20-21H/b9-8-,17-16-. The van der Waals surface area contributed by atoms with E-state index in [2.05, 4.69) is 0 Å². The van der Waals surface area contributed by atoms with Gasteiger partial charge in [-0.05, 0) is 27.8 Å². The van der Waals surface area contributed by atoms with Crippen molar-refractivity contribution in [3.63, 3.8) is 0 Å². The lowest BCUT2D eigenvalue weighted by molar-refractivity contribution is 0.464. The number of aliphatic hydroxyl groups is 2. The lowest BCUT2D eigenvalue weighted by atomic mass is 9.98. The zero-order chi connectivity index (χ0) is 15.3. The minimum atomic E-state index is -0.236. The number of fused-ring (bicyclic) bond motifs is 3. The van der Waals surface area contributed by atoms with Crippen LogP contribution in [-0.4, -0.2) is 10.2 Å². The monoisotopic (exact) mass is 288 g/mol. The predicted octanol–water partition coefficient (Wildman–Crippen LogP) is 3.35. The van der Waals surface area contributed by atoms with Crippen LogP contribution in [0.3, 0.4) is 0 Å². The molecule has 0 amide bonds. The third kappa shape index (κ3) is 1.53. The number of benzene rings is 3. The second-order valence-corrected chi connectivity index (χ2v) is 5.28. The summed E-state index contributed by atoms with van der Waals surface area (Å²) in [4.78, 5) is 12.6. The first-order valence-electron chi connectivity index (χ1n) is 6.96. The van der Waals surface area contributed by atoms with Crippen molar-refractivity contribution < 1.29 is 10.2 Å². The normalized spacial score (nSPS) is 13.6. The van der Waals surface area contributed by atoms with Gasteiger partial charge in [0.25, 0.3) is 0 Å². The molecule has 0 fully saturated rings. The molecule has 4 rings (SSSR count). The van der Waals surface area contributed by atoms with Gasteiger partial charge in [-0.2, -0.15) is 0 Å². The summed E-state index contributed by atoms with van der Waals surface area (Å²) in [6, 6.07) is 15.3. The fourth-order valence-electron chi connectivity index (χ4n) is 3.20. The van der Waals surface area contributed by atoms with Crippen molar-refractivity contribution in [1.82, 2.24) is 0 Å². The lowest BCUT2D eigenvalue weighted by Crippen LogP contribution is -2.27. The van der Waals surface area contributed by atoms with Crippen LogP contribution in [0.15, 0.2) is 65.7 Å². The van der Waals surface area contributed by atoms with Gasteiger partial charge in [0.1, 0.15) is 5.76 Å². The highest BCUT2D eigenvalue weighted by atomic mass is 16.3. The van der Waals surface area contributed by atoms with Gasteiger partial charge in [0, 0.05) is 17.0 Å². The van der Waals surface area contributed by atoms with Crippen molar-refractivity contribution in [2.24, 2.45) is 0 Å². The summed E-state index contributed by atoms with van der Waals surface area (Å²) in [7, 11) is 0. The largest absolute Gasteiger partial charge is 0.515 e. The van der Waals surface area contributed by atoms with Crippen LogP contribution in [0.4, 0.5) is 0 Å². The van der Waals surface area contributed by atoms with Crippen LogP contribution in [0.1, 0.15) is 0 Å². The van der Waals surface area contributed by atoms with Crippen molar-refractivity contribution in [2.45, 2.75) is 0 Å². The molecule has 3 nitrogen and oxygen atoms in total. The predicted molar refractivity (Wildman–Crippen MR) is 88.6 cm³/mol. The van der Waals surface area contributed by atoms with E-state index in [-0.39, 0.29) is 16.4 Å². The van der Waals surface area contributed by atoms with Crippen LogP contribution in [0.25, 0.3) is 38.4 Å². The summed E-state index contributed by atoms with van der Waals surface area (Å²) in [6.45, 7) is 0. The van der Waals surface area contributed by atoms with Gasteiger partial charge in [-0.3, -0.25) is 4.79 Å². The van der Waals surface area contributed by atoms with E-state index >= 15 is 0 Å². The van der Waals surface area contributed by atoms with E-state index in [0.29, 0.717) is 5.39 Å². The molecule has 2 N–H and O–H groups in total. The van der Waals surface area contributed by atoms with Gasteiger partial charge in [-0.15, -0.1) is 0 Å². The Morgan fingerprint density at radius 3 is 2.36 bits per heavy atom. The molecule has 0 atom stereocenters. The first kappa shape index (κ1) is 12.7. The van der Waals surface area contributed by atoms with Crippen molar-refractivity contribution in [2.75, 3.05) is 0 Å². The minimum absolute atomic E-state index is 0.196. The molecule has 0 radical (unpaired) electrons. The van der Waals surface area contributed by atoms with Crippen LogP contribution >= 0.6 is 0 Å². The maximum Gasteiger partial charge on any atom is 0.197 e. The summed E-state index contributed by atoms with van der Waals surface area (Å²) < 4.78 is 0. The molecule has 106 valence electrons. The molecule has 2 aliphatic carbocycles. The van der Waals surface area contributed by atoms with Crippen LogP contribution in [0.5, 0.6) is 0 Å². The molecule has 2 aliphatic rings. The molecule has 0 spiro atoms. The van der Waals surface area contributed by atoms with Crippen molar-refractivity contribution in [3.8, 4) is 11.1 Å². The third-order valence-electron chi connectivity index (χ3n) is 4.13. The van der Waals surface area contributed by atoms with Gasteiger partial charge in [0.2, 0.25) is 0 Å². The number of hydrogen-bond acceptors (Lipinski definition) is 3. The van der Waals surface area contributed by atoms with E-state index in [0.717, 1.165) is 39.6 Å². The second kappa shape index (κ2) is 4.46. The fourth-order valence-corrected chi connectivity index (χ4v) is 3.20. The average molecular weight is 288 g/mol. The number of aliphatic hydroxyl groups excluding tert-OH is 2. The molecule has 2 aromatic rings. The molecule has 0 heterocycles. The van der Waals surface area contributed by atoms with Crippen LogP contribution in [0, 0.1) is 0 Å². The van der Waals surface area contributed by atoms with E-state index < -0.39 is 0 Å². The highest BCUT2D eigenvalue weighted by Gasteiger charge is 2.19. The zero-order valence-corrected chi connectivity index (χ0v) is 11.6. The van der Waals surface area contributed by atoms with Gasteiger partial charge in [0.15, 0.2) is 5.43 Å². The van der Waals surface area contributed by atoms with Crippen molar-refractivity contribution in [1.29, 1.82) is 0 Å². The molecule has 0 aromatic heterocycles. The highest BCUT2D eigenvalue weighted by molar-refractivity contribution is 6.21. The molecule has 22 heavy (non-hydrogen) atoms. The van der Waals surface area contributed by atoms with E-state index in [1.54, 1.807) is 12.1 Å². The summed E-state index contributed by atoms with van der Waals surface area (Å²) in [5.41, 5.74) is 1.64. The van der Waals surface area contributed by atoms with Crippen molar-refractivity contribution >= 4 is 27.3 Å². The summed E-state index contributed by atoms with van der Waals surface area (Å²) in [5, 5.41) is 22.8. The minimum Gasteiger partial charge on any atom is -0.515 e. The molecule has 2 aromatic carbocycles. The summed E-state index contributed by atoms with van der Waals surface area (Å²) in [5.74, 6) is -0.236. The molecule has 0 saturated carbocycles. The average Bonchev–Trinajstić information content (AvgIpc) is 2.86. The summed E-state index contributed by atoms with van der Waals surface area (Å²) >= 11 is 0. The smallest absolute Gasteiger partial charge is 0.197 e. The van der Waals surface area contributed by atoms with Gasteiger partial charge in [-0.25, -0.2) is 0 Å². The van der Waals surface area contributed by atoms with Crippen molar-refractivity contribution in [3.05, 3.63) is 76.3 Å². The van der Waals surface area contributed by atoms with E-state index in [1.807, 2.05) is 36.4 Å². The van der Waals surface area contributed by atoms with Gasteiger partial charge >= 0.3 is 0 Å². The lowest BCUT2D eigenvalue weighted by Gasteiger charge is -2.05. The molecular formula is C19H12O3. The Hall–Kier alpha value is -3.07. The topological polar surface area (TPSA) is 57.5 Å². The first-order chi connectivity index (χ1) is 10.7. The molecule has 3 heteroatoms. The zero-order valence-electron chi connectivity index (χ0n) is 11.6. The summed E-state index contributed by atoms with van der Waals surface area (Å²) in [6.07, 6.45) is 1.84. The highest BCUT2D eigenvalue weighted by Crippen LogP contribution is 2.41. The molecule has 0 unspecified atom stereocenters. The Morgan fingerprint density at radius 1 is 0.909 bits per heavy atom. The maximum absolute atomic E-state index is 12.6. The number of rotatable bonds is 1. The SMILES string of the molecule is O=c1/c(=C(O)/C=C\O)cc2c3ccccc3c3cccc1c3-2. The molecular weight excluding hydrogens is 276 g/mol. The first-order valence-corrected chi connectivity index (χ1v) is 6.96. The molecule has 0 bridgehead atoms. The molecule has 0 saturated heterocycles. The van der Waals surface area contributed by atoms with Crippen LogP contribution < -0.4 is 10.6 Å². The fraction of sp³-hybridized carbons (Fsp3) is 0. The Kier molecular flexibility index (Phi) is 2.57. The van der Waals surface area contributed by atoms with E-state index in [1.165, 1.54) is 0 Å². The van der Waals surface area contributed by atoms with Crippen LogP contribution in [-0.2, 0) is 0 Å². The molecule has 0 aliphatic heterocycles. The van der Waals surface area contributed by atoms with Gasteiger partial charge in [0.05, 0.1) is 11.5 Å². The van der Waals surface area contributed by atoms with E-state index in [9.17, 15) is 9.90 Å². The second-order valence-electron chi connectivity index (χ2n) is 5.28. The Labute approximate surface area is 125 Å². The Bertz CT molecular complexity index is 1110. The van der Waals surface area contributed by atoms with Gasteiger partial charge < -0.3 is 10.2 Å². The van der Waals surface area contributed by atoms with Crippen LogP contribution in [0.2, 0.25) is 0 Å². The third-order valence-corrected chi connectivity index (χ3v) is 4.13. The number of hydrogen-bond donors (Lipinski definition) is 2. The Morgan fingerprint density at radius 2 is 1.59 bits per heavy atom. The maximum atomic E-state index is 12.6. The quantitative estimate of drug-likeness (QED) is 0.528. The Balaban J connectivity index is 2.37. The van der Waals surface area contributed by atoms with Gasteiger partial charge in [-0.1, -0.05) is 42.5 Å². The van der Waals surface area contributed by atoms with E-state index in [4.69, 9.17) is 5.11 Å².